The third-order valence-corrected chi connectivity index (χ3v) is 7.02. The van der Waals surface area contributed by atoms with Gasteiger partial charge in [-0.05, 0) is 86.9 Å². The van der Waals surface area contributed by atoms with Gasteiger partial charge in [0.25, 0.3) is 5.91 Å². The summed E-state index contributed by atoms with van der Waals surface area (Å²) in [5, 5.41) is 0. The number of aliphatic imine (C=N–C) groups is 1. The maximum absolute atomic E-state index is 13.0. The molecule has 5 nitrogen and oxygen atoms in total. The molecule has 3 heterocycles. The molecule has 0 unspecified atom stereocenters. The molecule has 1 aromatic heterocycles. The Morgan fingerprint density at radius 2 is 1.66 bits per heavy atom. The van der Waals surface area contributed by atoms with Crippen LogP contribution in [0, 0.1) is 5.92 Å². The van der Waals surface area contributed by atoms with Crippen molar-refractivity contribution in [1.82, 2.24) is 9.88 Å². The number of benzene rings is 1. The van der Waals surface area contributed by atoms with Crippen molar-refractivity contribution >= 4 is 28.6 Å². The maximum atomic E-state index is 13.0. The van der Waals surface area contributed by atoms with E-state index in [1.807, 2.05) is 37.0 Å². The minimum Gasteiger partial charge on any atom is -0.372 e. The van der Waals surface area contributed by atoms with Crippen molar-refractivity contribution in [3.05, 3.63) is 84.7 Å². The fourth-order valence-electron chi connectivity index (χ4n) is 4.94. The topological polar surface area (TPSA) is 48.8 Å². The smallest absolute Gasteiger partial charge is 0.272 e. The zero-order valence-corrected chi connectivity index (χ0v) is 21.0. The molecule has 1 aromatic carbocycles. The van der Waals surface area contributed by atoms with Crippen LogP contribution in [0.4, 0.5) is 5.69 Å². The van der Waals surface area contributed by atoms with Crippen LogP contribution in [0.15, 0.2) is 72.9 Å². The summed E-state index contributed by atoms with van der Waals surface area (Å²) in [6.45, 7) is 16.1. The van der Waals surface area contributed by atoms with Gasteiger partial charge in [-0.25, -0.2) is 0 Å². The Morgan fingerprint density at radius 1 is 1.00 bits per heavy atom. The summed E-state index contributed by atoms with van der Waals surface area (Å²) in [6, 6.07) is 12.5. The summed E-state index contributed by atoms with van der Waals surface area (Å²) >= 11 is 0. The Balaban J connectivity index is 1.31. The van der Waals surface area contributed by atoms with Crippen LogP contribution in [0.1, 0.15) is 61.1 Å². The molecule has 0 saturated carbocycles. The molecule has 5 heteroatoms. The van der Waals surface area contributed by atoms with E-state index in [-0.39, 0.29) is 5.91 Å². The van der Waals surface area contributed by atoms with E-state index in [0.29, 0.717) is 17.3 Å². The molecule has 2 aromatic rings. The molecule has 0 atom stereocenters. The van der Waals surface area contributed by atoms with Crippen molar-refractivity contribution in [1.29, 1.82) is 0 Å². The highest BCUT2D eigenvalue weighted by Gasteiger charge is 2.26. The largest absolute Gasteiger partial charge is 0.372 e. The number of allylic oxidation sites excluding steroid dienone is 3. The van der Waals surface area contributed by atoms with E-state index < -0.39 is 0 Å². The summed E-state index contributed by atoms with van der Waals surface area (Å²) in [5.74, 6) is 0.378. The molecule has 2 saturated heterocycles. The van der Waals surface area contributed by atoms with Gasteiger partial charge >= 0.3 is 0 Å². The predicted octanol–water partition coefficient (Wildman–Crippen LogP) is 6.26. The van der Waals surface area contributed by atoms with Crippen LogP contribution in [0.25, 0.3) is 11.3 Å². The van der Waals surface area contributed by atoms with E-state index in [4.69, 9.17) is 0 Å². The molecule has 0 bridgehead atoms. The van der Waals surface area contributed by atoms with Gasteiger partial charge in [0.15, 0.2) is 0 Å². The molecule has 0 radical (unpaired) electrons. The molecule has 35 heavy (non-hydrogen) atoms. The number of aromatic nitrogens is 1. The fraction of sp³-hybridized carbons (Fsp3) is 0.367. The van der Waals surface area contributed by atoms with Gasteiger partial charge in [0.2, 0.25) is 0 Å². The monoisotopic (exact) mass is 468 g/mol. The molecule has 4 rings (SSSR count). The second-order valence-corrected chi connectivity index (χ2v) is 9.46. The van der Waals surface area contributed by atoms with Crippen molar-refractivity contribution in [2.24, 2.45) is 10.9 Å². The Bertz CT molecular complexity index is 1110. The molecule has 0 N–H and O–H groups in total. The average molecular weight is 469 g/mol. The zero-order valence-electron chi connectivity index (χ0n) is 21.0. The van der Waals surface area contributed by atoms with E-state index in [0.717, 1.165) is 50.3 Å². The molecule has 2 aliphatic rings. The van der Waals surface area contributed by atoms with Crippen molar-refractivity contribution in [3.8, 4) is 0 Å². The molecule has 0 spiro atoms. The quantitative estimate of drug-likeness (QED) is 0.451. The first kappa shape index (κ1) is 24.6. The van der Waals surface area contributed by atoms with Crippen LogP contribution in [-0.4, -0.2) is 47.7 Å². The summed E-state index contributed by atoms with van der Waals surface area (Å²) in [7, 11) is 0. The highest BCUT2D eigenvalue weighted by molar-refractivity contribution is 5.96. The second-order valence-electron chi connectivity index (χ2n) is 9.46. The number of pyridine rings is 1. The summed E-state index contributed by atoms with van der Waals surface area (Å²) in [5.41, 5.74) is 6.50. The maximum Gasteiger partial charge on any atom is 0.272 e. The molecular formula is C30H36N4O. The summed E-state index contributed by atoms with van der Waals surface area (Å²) in [4.78, 5) is 26.3. The van der Waals surface area contributed by atoms with Crippen molar-refractivity contribution < 1.29 is 4.79 Å². The minimum absolute atomic E-state index is 0.0187. The Kier molecular flexibility index (Phi) is 7.96. The van der Waals surface area contributed by atoms with E-state index in [9.17, 15) is 4.79 Å². The lowest BCUT2D eigenvalue weighted by molar-refractivity contribution is 0.0702. The van der Waals surface area contributed by atoms with Crippen LogP contribution in [0.5, 0.6) is 0 Å². The van der Waals surface area contributed by atoms with Crippen LogP contribution < -0.4 is 4.90 Å². The number of hydrogen-bond acceptors (Lipinski definition) is 4. The Morgan fingerprint density at radius 3 is 2.26 bits per heavy atom. The van der Waals surface area contributed by atoms with Crippen molar-refractivity contribution in [2.45, 2.75) is 39.5 Å². The van der Waals surface area contributed by atoms with Crippen LogP contribution in [0.2, 0.25) is 0 Å². The van der Waals surface area contributed by atoms with Gasteiger partial charge in [0, 0.05) is 49.3 Å². The minimum atomic E-state index is -0.0187. The van der Waals surface area contributed by atoms with Gasteiger partial charge < -0.3 is 9.80 Å². The fourth-order valence-corrected chi connectivity index (χ4v) is 4.94. The first-order valence-electron chi connectivity index (χ1n) is 12.6. The molecule has 2 aliphatic heterocycles. The molecule has 0 aliphatic carbocycles. The number of amides is 1. The number of carbonyl (C=O) groups is 1. The van der Waals surface area contributed by atoms with E-state index in [2.05, 4.69) is 52.3 Å². The van der Waals surface area contributed by atoms with E-state index >= 15 is 0 Å². The van der Waals surface area contributed by atoms with Crippen LogP contribution in [-0.2, 0) is 0 Å². The number of piperidine rings is 1. The number of likely N-dealkylation sites (tertiary alicyclic amines) is 1. The van der Waals surface area contributed by atoms with Gasteiger partial charge in [-0.1, -0.05) is 31.4 Å². The predicted molar refractivity (Wildman–Crippen MR) is 147 cm³/mol. The molecule has 2 fully saturated rings. The lowest BCUT2D eigenvalue weighted by Crippen LogP contribution is -2.39. The molecule has 182 valence electrons. The van der Waals surface area contributed by atoms with E-state index in [1.54, 1.807) is 12.3 Å². The highest BCUT2D eigenvalue weighted by atomic mass is 16.2. The number of anilines is 1. The van der Waals surface area contributed by atoms with E-state index in [1.165, 1.54) is 29.7 Å². The number of hydrogen-bond donors (Lipinski definition) is 0. The van der Waals surface area contributed by atoms with Gasteiger partial charge in [-0.15, -0.1) is 0 Å². The summed E-state index contributed by atoms with van der Waals surface area (Å²) < 4.78 is 0. The van der Waals surface area contributed by atoms with Crippen molar-refractivity contribution in [2.75, 3.05) is 31.1 Å². The van der Waals surface area contributed by atoms with Crippen molar-refractivity contribution in [3.63, 3.8) is 0 Å². The third kappa shape index (κ3) is 5.97. The average Bonchev–Trinajstić information content (AvgIpc) is 3.43. The van der Waals surface area contributed by atoms with Crippen LogP contribution in [0.3, 0.4) is 0 Å². The third-order valence-electron chi connectivity index (χ3n) is 7.02. The lowest BCUT2D eigenvalue weighted by Gasteiger charge is -2.33. The SMILES string of the molecule is C=C(N=C(C)/C=C\C)c1ccc(C(=O)N2CCC(C(=C)c3ccc(N4CCCC4)cc3)CC2)nc1. The molecular weight excluding hydrogens is 432 g/mol. The summed E-state index contributed by atoms with van der Waals surface area (Å²) in [6.07, 6.45) is 9.97. The molecule has 1 amide bonds. The number of nitrogens with zero attached hydrogens (tertiary/aromatic N) is 4. The first-order chi connectivity index (χ1) is 17.0. The van der Waals surface area contributed by atoms with Gasteiger partial charge in [-0.3, -0.25) is 14.8 Å². The standard InChI is InChI=1S/C30H36N4O/c1-5-8-22(2)32-24(4)27-11-14-29(31-21-27)30(35)34-19-15-26(16-20-34)23(3)25-9-12-28(13-10-25)33-17-6-7-18-33/h5,8-14,21,26H,3-4,6-7,15-20H2,1-2H3/b8-5-,32-22?. The van der Waals surface area contributed by atoms with Gasteiger partial charge in [0.05, 0.1) is 5.70 Å². The Labute approximate surface area is 209 Å². The first-order valence-corrected chi connectivity index (χ1v) is 12.6. The second kappa shape index (κ2) is 11.3. The van der Waals surface area contributed by atoms with Gasteiger partial charge in [0.1, 0.15) is 5.69 Å². The Hall–Kier alpha value is -3.47. The van der Waals surface area contributed by atoms with Gasteiger partial charge in [-0.2, -0.15) is 0 Å². The lowest BCUT2D eigenvalue weighted by atomic mass is 9.86. The number of rotatable bonds is 7. The van der Waals surface area contributed by atoms with Crippen LogP contribution >= 0.6 is 0 Å². The number of carbonyl (C=O) groups excluding carboxylic acids is 1. The highest BCUT2D eigenvalue weighted by Crippen LogP contribution is 2.32. The normalized spacial score (nSPS) is 17.3. The zero-order chi connectivity index (χ0) is 24.8.